The maximum Gasteiger partial charge on any atom is 0.102 e. The van der Waals surface area contributed by atoms with Crippen molar-refractivity contribution in [2.24, 2.45) is 16.6 Å². The Balaban J connectivity index is 2.98. The fourth-order valence-corrected chi connectivity index (χ4v) is 1.07. The molecule has 0 aliphatic heterocycles. The van der Waals surface area contributed by atoms with E-state index in [0.29, 0.717) is 11.8 Å². The second kappa shape index (κ2) is 4.27. The van der Waals surface area contributed by atoms with Crippen molar-refractivity contribution in [1.82, 2.24) is 0 Å². The van der Waals surface area contributed by atoms with E-state index in [2.05, 4.69) is 31.0 Å². The van der Waals surface area contributed by atoms with E-state index in [9.17, 15) is 0 Å². The smallest absolute Gasteiger partial charge is 0.102 e. The highest BCUT2D eigenvalue weighted by molar-refractivity contribution is 5.84. The highest BCUT2D eigenvalue weighted by atomic mass is 14.9. The number of hydrogen-bond donors (Lipinski definition) is 1. The van der Waals surface area contributed by atoms with E-state index in [1.54, 1.807) is 0 Å². The lowest BCUT2D eigenvalue weighted by Crippen LogP contribution is -2.17. The lowest BCUT2D eigenvalue weighted by atomic mass is 10.1. The maximum absolute atomic E-state index is 5.79. The highest BCUT2D eigenvalue weighted by Gasteiger charge is 2.00. The molecule has 14 heavy (non-hydrogen) atoms. The number of benzene rings is 1. The van der Waals surface area contributed by atoms with Gasteiger partial charge in [-0.1, -0.05) is 19.9 Å². The van der Waals surface area contributed by atoms with Gasteiger partial charge in [-0.05, 0) is 37.1 Å². The zero-order chi connectivity index (χ0) is 10.7. The summed E-state index contributed by atoms with van der Waals surface area (Å²) in [5, 5.41) is 0. The van der Waals surface area contributed by atoms with Crippen molar-refractivity contribution >= 4 is 11.5 Å². The Morgan fingerprint density at radius 1 is 1.21 bits per heavy atom. The van der Waals surface area contributed by atoms with Crippen molar-refractivity contribution in [2.45, 2.75) is 27.7 Å². The van der Waals surface area contributed by atoms with Crippen molar-refractivity contribution in [3.63, 3.8) is 0 Å². The topological polar surface area (TPSA) is 38.4 Å². The molecule has 0 bridgehead atoms. The van der Waals surface area contributed by atoms with E-state index in [1.165, 1.54) is 11.1 Å². The molecule has 0 saturated carbocycles. The van der Waals surface area contributed by atoms with Crippen LogP contribution >= 0.6 is 0 Å². The Labute approximate surface area is 85.9 Å². The number of nitrogens with two attached hydrogens (primary N) is 1. The fourth-order valence-electron chi connectivity index (χ4n) is 1.07. The highest BCUT2D eigenvalue weighted by Crippen LogP contribution is 2.17. The first-order valence-electron chi connectivity index (χ1n) is 4.92. The number of aryl methyl sites for hydroxylation is 2. The van der Waals surface area contributed by atoms with Crippen LogP contribution in [0.2, 0.25) is 0 Å². The van der Waals surface area contributed by atoms with Crippen LogP contribution in [0.4, 0.5) is 5.69 Å². The summed E-state index contributed by atoms with van der Waals surface area (Å²) in [6, 6.07) is 6.13. The van der Waals surface area contributed by atoms with E-state index in [-0.39, 0.29) is 0 Å². The van der Waals surface area contributed by atoms with Gasteiger partial charge in [0.15, 0.2) is 0 Å². The van der Waals surface area contributed by atoms with Gasteiger partial charge in [-0.3, -0.25) is 0 Å². The molecule has 1 aromatic rings. The molecule has 0 heterocycles. The molecule has 2 nitrogen and oxygen atoms in total. The molecule has 2 N–H and O–H groups in total. The first-order valence-corrected chi connectivity index (χ1v) is 4.92. The average molecular weight is 190 g/mol. The predicted molar refractivity (Wildman–Crippen MR) is 62.0 cm³/mol. The summed E-state index contributed by atoms with van der Waals surface area (Å²) in [6.45, 7) is 8.26. The third kappa shape index (κ3) is 2.59. The van der Waals surface area contributed by atoms with E-state index in [0.717, 1.165) is 5.69 Å². The zero-order valence-electron chi connectivity index (χ0n) is 9.33. The van der Waals surface area contributed by atoms with Crippen LogP contribution in [0.1, 0.15) is 25.0 Å². The Bertz CT molecular complexity index is 351. The molecule has 1 rings (SSSR count). The summed E-state index contributed by atoms with van der Waals surface area (Å²) < 4.78 is 0. The van der Waals surface area contributed by atoms with Crippen molar-refractivity contribution in [3.05, 3.63) is 29.3 Å². The molecule has 0 unspecified atom stereocenters. The third-order valence-corrected chi connectivity index (χ3v) is 2.34. The summed E-state index contributed by atoms with van der Waals surface area (Å²) in [5.41, 5.74) is 9.27. The van der Waals surface area contributed by atoms with Gasteiger partial charge in [0.1, 0.15) is 5.84 Å². The average Bonchev–Trinajstić information content (AvgIpc) is 2.11. The molecule has 0 atom stereocenters. The first kappa shape index (κ1) is 10.8. The largest absolute Gasteiger partial charge is 0.387 e. The van der Waals surface area contributed by atoms with Crippen molar-refractivity contribution in [2.75, 3.05) is 0 Å². The summed E-state index contributed by atoms with van der Waals surface area (Å²) in [6.07, 6.45) is 0. The Morgan fingerprint density at radius 3 is 2.36 bits per heavy atom. The number of rotatable bonds is 2. The van der Waals surface area contributed by atoms with Gasteiger partial charge in [0.05, 0.1) is 5.69 Å². The zero-order valence-corrected chi connectivity index (χ0v) is 9.33. The normalized spacial score (nSPS) is 12.2. The maximum atomic E-state index is 5.79. The van der Waals surface area contributed by atoms with Gasteiger partial charge in [-0.25, -0.2) is 4.99 Å². The van der Waals surface area contributed by atoms with Crippen LogP contribution in [0.15, 0.2) is 23.2 Å². The molecule has 1 aromatic carbocycles. The van der Waals surface area contributed by atoms with Gasteiger partial charge in [0.25, 0.3) is 0 Å². The fraction of sp³-hybridized carbons (Fsp3) is 0.417. The van der Waals surface area contributed by atoms with E-state index in [4.69, 9.17) is 5.73 Å². The summed E-state index contributed by atoms with van der Waals surface area (Å²) in [7, 11) is 0. The van der Waals surface area contributed by atoms with Gasteiger partial charge in [0, 0.05) is 5.92 Å². The minimum Gasteiger partial charge on any atom is -0.387 e. The van der Waals surface area contributed by atoms with Gasteiger partial charge < -0.3 is 5.73 Å². The van der Waals surface area contributed by atoms with Crippen LogP contribution in [0.5, 0.6) is 0 Å². The van der Waals surface area contributed by atoms with Gasteiger partial charge in [0.2, 0.25) is 0 Å². The number of hydrogen-bond acceptors (Lipinski definition) is 1. The Hall–Kier alpha value is -1.31. The van der Waals surface area contributed by atoms with Crippen LogP contribution in [-0.2, 0) is 0 Å². The molecule has 0 spiro atoms. The third-order valence-electron chi connectivity index (χ3n) is 2.34. The van der Waals surface area contributed by atoms with Crippen molar-refractivity contribution in [1.29, 1.82) is 0 Å². The van der Waals surface area contributed by atoms with E-state index >= 15 is 0 Å². The molecule has 0 fully saturated rings. The monoisotopic (exact) mass is 190 g/mol. The Kier molecular flexibility index (Phi) is 3.28. The van der Waals surface area contributed by atoms with Crippen LogP contribution < -0.4 is 5.73 Å². The van der Waals surface area contributed by atoms with Gasteiger partial charge in [-0.15, -0.1) is 0 Å². The molecule has 0 saturated heterocycles. The molecule has 0 amide bonds. The molecular formula is C12H18N2. The molecule has 0 aliphatic carbocycles. The molecule has 76 valence electrons. The Morgan fingerprint density at radius 2 is 1.86 bits per heavy atom. The van der Waals surface area contributed by atoms with Crippen molar-refractivity contribution < 1.29 is 0 Å². The lowest BCUT2D eigenvalue weighted by Gasteiger charge is -2.05. The SMILES string of the molecule is Cc1ccc(N=C(N)C(C)C)cc1C. The van der Waals surface area contributed by atoms with Crippen LogP contribution in [-0.4, -0.2) is 5.84 Å². The minimum atomic E-state index is 0.302. The van der Waals surface area contributed by atoms with Gasteiger partial charge in [-0.2, -0.15) is 0 Å². The molecule has 2 heteroatoms. The van der Waals surface area contributed by atoms with Gasteiger partial charge >= 0.3 is 0 Å². The van der Waals surface area contributed by atoms with Crippen LogP contribution in [0, 0.1) is 19.8 Å². The standard InChI is InChI=1S/C12H18N2/c1-8(2)12(13)14-11-6-5-9(3)10(4)7-11/h5-8H,1-4H3,(H2,13,14). The first-order chi connectivity index (χ1) is 6.50. The summed E-state index contributed by atoms with van der Waals surface area (Å²) in [5.74, 6) is 0.991. The molecule has 0 aliphatic rings. The second-order valence-corrected chi connectivity index (χ2v) is 3.96. The number of amidine groups is 1. The van der Waals surface area contributed by atoms with Crippen molar-refractivity contribution in [3.8, 4) is 0 Å². The number of aliphatic imine (C=N–C) groups is 1. The van der Waals surface area contributed by atoms with E-state index < -0.39 is 0 Å². The number of nitrogens with zero attached hydrogens (tertiary/aromatic N) is 1. The van der Waals surface area contributed by atoms with Crippen LogP contribution in [0.25, 0.3) is 0 Å². The molecular weight excluding hydrogens is 172 g/mol. The second-order valence-electron chi connectivity index (χ2n) is 3.96. The lowest BCUT2D eigenvalue weighted by molar-refractivity contribution is 0.873. The summed E-state index contributed by atoms with van der Waals surface area (Å²) in [4.78, 5) is 4.35. The summed E-state index contributed by atoms with van der Waals surface area (Å²) >= 11 is 0. The molecule has 0 radical (unpaired) electrons. The quantitative estimate of drug-likeness (QED) is 0.565. The molecule has 0 aromatic heterocycles. The van der Waals surface area contributed by atoms with Crippen LogP contribution in [0.3, 0.4) is 0 Å². The van der Waals surface area contributed by atoms with E-state index in [1.807, 2.05) is 19.9 Å². The predicted octanol–water partition coefficient (Wildman–Crippen LogP) is 2.95. The minimum absolute atomic E-state index is 0.302.